The van der Waals surface area contributed by atoms with Crippen molar-refractivity contribution < 1.29 is 18.7 Å². The third kappa shape index (κ3) is 4.94. The van der Waals surface area contributed by atoms with Gasteiger partial charge < -0.3 is 19.9 Å². The zero-order valence-corrected chi connectivity index (χ0v) is 15.0. The Hall–Kier alpha value is -2.15. The maximum absolute atomic E-state index is 12.9. The molecule has 0 bridgehead atoms. The summed E-state index contributed by atoms with van der Waals surface area (Å²) in [6.45, 7) is 4.28. The molecule has 1 aromatic carbocycles. The number of morpholine rings is 1. The van der Waals surface area contributed by atoms with Crippen molar-refractivity contribution in [2.24, 2.45) is 5.92 Å². The van der Waals surface area contributed by atoms with Crippen LogP contribution in [0.3, 0.4) is 0 Å². The van der Waals surface area contributed by atoms with Gasteiger partial charge in [-0.05, 0) is 37.0 Å². The first-order chi connectivity index (χ1) is 12.6. The second-order valence-corrected chi connectivity index (χ2v) is 6.81. The van der Waals surface area contributed by atoms with Crippen LogP contribution in [0.1, 0.15) is 18.4 Å². The summed E-state index contributed by atoms with van der Waals surface area (Å²) in [4.78, 5) is 28.4. The van der Waals surface area contributed by atoms with Crippen molar-refractivity contribution in [1.29, 1.82) is 0 Å². The van der Waals surface area contributed by atoms with Crippen molar-refractivity contribution in [2.45, 2.75) is 19.3 Å². The lowest BCUT2D eigenvalue weighted by Crippen LogP contribution is -2.49. The SMILES string of the molecule is O=C(NCCc1ccc(F)cc1)N1CCC(C(=O)N2CCOCC2)CC1. The average molecular weight is 363 g/mol. The molecule has 2 fully saturated rings. The van der Waals surface area contributed by atoms with Crippen LogP contribution in [0.15, 0.2) is 24.3 Å². The number of urea groups is 1. The number of nitrogens with one attached hydrogen (secondary N) is 1. The van der Waals surface area contributed by atoms with Gasteiger partial charge in [-0.2, -0.15) is 0 Å². The molecule has 0 aromatic heterocycles. The zero-order valence-electron chi connectivity index (χ0n) is 15.0. The van der Waals surface area contributed by atoms with Crippen LogP contribution in [0.2, 0.25) is 0 Å². The summed E-state index contributed by atoms with van der Waals surface area (Å²) in [5.74, 6) is -0.0479. The Balaban J connectivity index is 1.37. The quantitative estimate of drug-likeness (QED) is 0.885. The standard InChI is InChI=1S/C19H26FN3O3/c20-17-3-1-15(2-4-17)5-8-21-19(25)23-9-6-16(7-10-23)18(24)22-11-13-26-14-12-22/h1-4,16H,5-14H2,(H,21,25). The van der Waals surface area contributed by atoms with Crippen LogP contribution < -0.4 is 5.32 Å². The van der Waals surface area contributed by atoms with Crippen molar-refractivity contribution in [3.8, 4) is 0 Å². The summed E-state index contributed by atoms with van der Waals surface area (Å²) in [5, 5.41) is 2.90. The van der Waals surface area contributed by atoms with E-state index in [1.54, 1.807) is 17.0 Å². The minimum Gasteiger partial charge on any atom is -0.378 e. The maximum Gasteiger partial charge on any atom is 0.317 e. The molecule has 1 N–H and O–H groups in total. The van der Waals surface area contributed by atoms with Crippen LogP contribution in [-0.4, -0.2) is 67.7 Å². The molecule has 142 valence electrons. The van der Waals surface area contributed by atoms with Gasteiger partial charge in [-0.3, -0.25) is 4.79 Å². The van der Waals surface area contributed by atoms with Gasteiger partial charge in [0.05, 0.1) is 13.2 Å². The van der Waals surface area contributed by atoms with E-state index in [0.717, 1.165) is 5.56 Å². The first-order valence-corrected chi connectivity index (χ1v) is 9.27. The highest BCUT2D eigenvalue weighted by Gasteiger charge is 2.30. The number of benzene rings is 1. The predicted molar refractivity (Wildman–Crippen MR) is 95.2 cm³/mol. The molecule has 2 aliphatic heterocycles. The average Bonchev–Trinajstić information content (AvgIpc) is 2.69. The molecule has 0 atom stereocenters. The lowest BCUT2D eigenvalue weighted by Gasteiger charge is -2.35. The van der Waals surface area contributed by atoms with E-state index in [0.29, 0.717) is 65.2 Å². The Bertz CT molecular complexity index is 609. The van der Waals surface area contributed by atoms with E-state index in [1.807, 2.05) is 4.90 Å². The Labute approximate surface area is 153 Å². The Morgan fingerprint density at radius 3 is 2.35 bits per heavy atom. The highest BCUT2D eigenvalue weighted by molar-refractivity contribution is 5.80. The van der Waals surface area contributed by atoms with Crippen LogP contribution in [0.5, 0.6) is 0 Å². The fraction of sp³-hybridized carbons (Fsp3) is 0.579. The van der Waals surface area contributed by atoms with Gasteiger partial charge in [0.1, 0.15) is 5.82 Å². The maximum atomic E-state index is 12.9. The first-order valence-electron chi connectivity index (χ1n) is 9.27. The van der Waals surface area contributed by atoms with Crippen LogP contribution >= 0.6 is 0 Å². The van der Waals surface area contributed by atoms with E-state index >= 15 is 0 Å². The van der Waals surface area contributed by atoms with E-state index in [9.17, 15) is 14.0 Å². The number of nitrogens with zero attached hydrogens (tertiary/aromatic N) is 2. The van der Waals surface area contributed by atoms with Crippen molar-refractivity contribution in [2.75, 3.05) is 45.9 Å². The number of halogens is 1. The molecule has 1 aromatic rings. The van der Waals surface area contributed by atoms with Gasteiger partial charge in [-0.15, -0.1) is 0 Å². The normalized spacial score (nSPS) is 18.7. The number of carbonyl (C=O) groups is 2. The number of hydrogen-bond acceptors (Lipinski definition) is 3. The number of rotatable bonds is 4. The van der Waals surface area contributed by atoms with Crippen LogP contribution in [-0.2, 0) is 16.0 Å². The van der Waals surface area contributed by atoms with E-state index < -0.39 is 0 Å². The molecular weight excluding hydrogens is 337 g/mol. The zero-order chi connectivity index (χ0) is 18.4. The van der Waals surface area contributed by atoms with Crippen LogP contribution in [0, 0.1) is 11.7 Å². The highest BCUT2D eigenvalue weighted by Crippen LogP contribution is 2.20. The molecule has 7 heteroatoms. The molecule has 0 aliphatic carbocycles. The summed E-state index contributed by atoms with van der Waals surface area (Å²) in [6, 6.07) is 6.21. The van der Waals surface area contributed by atoms with E-state index in [4.69, 9.17) is 4.74 Å². The van der Waals surface area contributed by atoms with Gasteiger partial charge >= 0.3 is 6.03 Å². The largest absolute Gasteiger partial charge is 0.378 e. The van der Waals surface area contributed by atoms with E-state index in [2.05, 4.69) is 5.32 Å². The Kier molecular flexibility index (Phi) is 6.44. The second-order valence-electron chi connectivity index (χ2n) is 6.81. The molecule has 2 heterocycles. The summed E-state index contributed by atoms with van der Waals surface area (Å²) in [7, 11) is 0. The molecule has 0 unspecified atom stereocenters. The fourth-order valence-corrected chi connectivity index (χ4v) is 3.45. The van der Waals surface area contributed by atoms with Crippen molar-refractivity contribution in [3.05, 3.63) is 35.6 Å². The monoisotopic (exact) mass is 363 g/mol. The lowest BCUT2D eigenvalue weighted by atomic mass is 9.95. The number of likely N-dealkylation sites (tertiary alicyclic amines) is 1. The molecule has 2 aliphatic rings. The third-order valence-corrected chi connectivity index (χ3v) is 5.06. The topological polar surface area (TPSA) is 61.9 Å². The lowest BCUT2D eigenvalue weighted by molar-refractivity contribution is -0.141. The number of ether oxygens (including phenoxy) is 1. The van der Waals surface area contributed by atoms with E-state index in [-0.39, 0.29) is 23.7 Å². The second kappa shape index (κ2) is 8.98. The van der Waals surface area contributed by atoms with Gasteiger partial charge in [0.25, 0.3) is 0 Å². The molecule has 0 radical (unpaired) electrons. The highest BCUT2D eigenvalue weighted by atomic mass is 19.1. The smallest absolute Gasteiger partial charge is 0.317 e. The van der Waals surface area contributed by atoms with Crippen molar-refractivity contribution in [3.63, 3.8) is 0 Å². The molecule has 2 saturated heterocycles. The summed E-state index contributed by atoms with van der Waals surface area (Å²) < 4.78 is 18.2. The first kappa shape index (κ1) is 18.6. The minimum absolute atomic E-state index is 0.0105. The Morgan fingerprint density at radius 2 is 1.69 bits per heavy atom. The predicted octanol–water partition coefficient (Wildman–Crippen LogP) is 1.65. The number of hydrogen-bond donors (Lipinski definition) is 1. The molecule has 26 heavy (non-hydrogen) atoms. The van der Waals surface area contributed by atoms with E-state index in [1.165, 1.54) is 12.1 Å². The molecule has 3 rings (SSSR count). The van der Waals surface area contributed by atoms with Crippen LogP contribution in [0.25, 0.3) is 0 Å². The van der Waals surface area contributed by atoms with Gasteiger partial charge in [-0.25, -0.2) is 9.18 Å². The van der Waals surface area contributed by atoms with Gasteiger partial charge in [0.15, 0.2) is 0 Å². The molecule has 0 saturated carbocycles. The number of piperidine rings is 1. The minimum atomic E-state index is -0.257. The molecule has 6 nitrogen and oxygen atoms in total. The fourth-order valence-electron chi connectivity index (χ4n) is 3.45. The van der Waals surface area contributed by atoms with Crippen molar-refractivity contribution in [1.82, 2.24) is 15.1 Å². The van der Waals surface area contributed by atoms with Gasteiger partial charge in [0, 0.05) is 38.6 Å². The summed E-state index contributed by atoms with van der Waals surface area (Å²) in [5.41, 5.74) is 0.988. The molecule has 3 amide bonds. The third-order valence-electron chi connectivity index (χ3n) is 5.06. The summed E-state index contributed by atoms with van der Waals surface area (Å²) >= 11 is 0. The van der Waals surface area contributed by atoms with Crippen LogP contribution in [0.4, 0.5) is 9.18 Å². The number of carbonyl (C=O) groups excluding carboxylic acids is 2. The summed E-state index contributed by atoms with van der Waals surface area (Å²) in [6.07, 6.45) is 2.08. The van der Waals surface area contributed by atoms with Gasteiger partial charge in [-0.1, -0.05) is 12.1 Å². The number of amides is 3. The van der Waals surface area contributed by atoms with Gasteiger partial charge in [0.2, 0.25) is 5.91 Å². The Morgan fingerprint density at radius 1 is 1.04 bits per heavy atom. The molecular formula is C19H26FN3O3. The molecule has 0 spiro atoms. The van der Waals surface area contributed by atoms with Crippen molar-refractivity contribution >= 4 is 11.9 Å².